The van der Waals surface area contributed by atoms with Gasteiger partial charge in [-0.1, -0.05) is 84.8 Å². The first-order chi connectivity index (χ1) is 21.5. The molecule has 228 valence electrons. The molecule has 0 radical (unpaired) electrons. The first-order valence-corrected chi connectivity index (χ1v) is 15.0. The SMILES string of the molecule is [2H]C([2H])([2H])[C@@H]1COC(c2[c-]c(Oc3[c-]c4c(cc3C)C(C)(C)c3cc(C(C)(C)C)cc5c6cccnc6n-4c35)cc(C(C)C)c2)=N1.[Pt+2]. The minimum Gasteiger partial charge on any atom is -0.518 e. The maximum absolute atomic E-state index is 7.77. The Bertz CT molecular complexity index is 2090. The molecule has 0 saturated carbocycles. The molecule has 0 unspecified atom stereocenters. The summed E-state index contributed by atoms with van der Waals surface area (Å²) in [5.41, 5.74) is 8.92. The van der Waals surface area contributed by atoms with E-state index in [1.807, 2.05) is 31.3 Å². The van der Waals surface area contributed by atoms with Gasteiger partial charge in [-0.2, -0.15) is 6.07 Å². The van der Waals surface area contributed by atoms with Crippen molar-refractivity contribution in [3.8, 4) is 17.2 Å². The van der Waals surface area contributed by atoms with Crippen LogP contribution in [0.3, 0.4) is 0 Å². The summed E-state index contributed by atoms with van der Waals surface area (Å²) in [7, 11) is 0. The maximum Gasteiger partial charge on any atom is 2.00 e. The van der Waals surface area contributed by atoms with Crippen molar-refractivity contribution in [2.75, 3.05) is 6.61 Å². The van der Waals surface area contributed by atoms with Crippen LogP contribution in [0.5, 0.6) is 11.5 Å². The number of nitrogens with zero attached hydrogens (tertiary/aromatic N) is 3. The fourth-order valence-electron chi connectivity index (χ4n) is 6.33. The van der Waals surface area contributed by atoms with Gasteiger partial charge in [0.25, 0.3) is 0 Å². The van der Waals surface area contributed by atoms with E-state index in [1.165, 1.54) is 16.5 Å². The van der Waals surface area contributed by atoms with Crippen molar-refractivity contribution in [2.24, 2.45) is 4.99 Å². The third kappa shape index (κ3) is 4.79. The number of fused-ring (bicyclic) bond motifs is 5. The second-order valence-corrected chi connectivity index (χ2v) is 13.8. The molecule has 0 aliphatic carbocycles. The van der Waals surface area contributed by atoms with Crippen LogP contribution in [0.15, 0.2) is 53.7 Å². The van der Waals surface area contributed by atoms with E-state index in [0.717, 1.165) is 38.9 Å². The van der Waals surface area contributed by atoms with Crippen molar-refractivity contribution in [3.05, 3.63) is 94.2 Å². The van der Waals surface area contributed by atoms with E-state index in [0.29, 0.717) is 17.1 Å². The summed E-state index contributed by atoms with van der Waals surface area (Å²) in [5, 5.41) is 2.30. The molecule has 4 heterocycles. The summed E-state index contributed by atoms with van der Waals surface area (Å²) in [5.74, 6) is 1.55. The van der Waals surface area contributed by atoms with Crippen LogP contribution in [0.1, 0.15) is 98.7 Å². The summed E-state index contributed by atoms with van der Waals surface area (Å²) in [4.78, 5) is 9.26. The van der Waals surface area contributed by atoms with E-state index < -0.39 is 12.9 Å². The van der Waals surface area contributed by atoms with Gasteiger partial charge in [0.2, 0.25) is 0 Å². The number of benzene rings is 3. The topological polar surface area (TPSA) is 48.6 Å². The van der Waals surface area contributed by atoms with Gasteiger partial charge in [0, 0.05) is 32.6 Å². The van der Waals surface area contributed by atoms with Gasteiger partial charge < -0.3 is 14.0 Å². The van der Waals surface area contributed by atoms with Crippen molar-refractivity contribution >= 4 is 27.8 Å². The number of hydrogen-bond acceptors (Lipinski definition) is 4. The van der Waals surface area contributed by atoms with E-state index in [1.54, 1.807) is 0 Å². The Morgan fingerprint density at radius 1 is 1.09 bits per heavy atom. The smallest absolute Gasteiger partial charge is 0.518 e. The Labute approximate surface area is 279 Å². The second kappa shape index (κ2) is 10.6. The van der Waals surface area contributed by atoms with Crippen molar-refractivity contribution in [2.45, 2.75) is 85.0 Å². The Morgan fingerprint density at radius 3 is 2.59 bits per heavy atom. The molecule has 0 fully saturated rings. The zero-order valence-electron chi connectivity index (χ0n) is 29.5. The van der Waals surface area contributed by atoms with Crippen LogP contribution < -0.4 is 4.74 Å². The fourth-order valence-corrected chi connectivity index (χ4v) is 6.33. The predicted molar refractivity (Wildman–Crippen MR) is 174 cm³/mol. The summed E-state index contributed by atoms with van der Waals surface area (Å²) in [6.07, 6.45) is 1.85. The Kier molecular flexibility index (Phi) is 6.48. The number of ether oxygens (including phenoxy) is 2. The van der Waals surface area contributed by atoms with Gasteiger partial charge >= 0.3 is 21.1 Å². The predicted octanol–water partition coefficient (Wildman–Crippen LogP) is 9.10. The first-order valence-electron chi connectivity index (χ1n) is 16.5. The van der Waals surface area contributed by atoms with Crippen molar-refractivity contribution in [1.29, 1.82) is 0 Å². The van der Waals surface area contributed by atoms with Crippen LogP contribution >= 0.6 is 0 Å². The van der Waals surface area contributed by atoms with E-state index >= 15 is 0 Å². The Morgan fingerprint density at radius 2 is 1.89 bits per heavy atom. The number of rotatable bonds is 4. The average molecular weight is 768 g/mol. The largest absolute Gasteiger partial charge is 2.00 e. The number of pyridine rings is 1. The molecule has 2 aromatic heterocycles. The molecule has 0 saturated heterocycles. The van der Waals surface area contributed by atoms with E-state index in [2.05, 4.69) is 94.4 Å². The van der Waals surface area contributed by atoms with Crippen molar-refractivity contribution in [3.63, 3.8) is 0 Å². The molecule has 6 heteroatoms. The van der Waals surface area contributed by atoms with Crippen LogP contribution in [0, 0.1) is 19.1 Å². The number of aryl methyl sites for hydroxylation is 1. The van der Waals surface area contributed by atoms with Gasteiger partial charge in [-0.15, -0.1) is 28.8 Å². The van der Waals surface area contributed by atoms with Crippen LogP contribution in [0.25, 0.3) is 27.6 Å². The van der Waals surface area contributed by atoms with Gasteiger partial charge in [0.1, 0.15) is 11.5 Å². The second-order valence-electron chi connectivity index (χ2n) is 13.8. The quantitative estimate of drug-likeness (QED) is 0.172. The van der Waals surface area contributed by atoms with Crippen LogP contribution in [-0.4, -0.2) is 28.1 Å². The number of hydrogen-bond donors (Lipinski definition) is 0. The molecule has 2 aliphatic heterocycles. The van der Waals surface area contributed by atoms with Crippen molar-refractivity contribution < 1.29 is 34.7 Å². The normalized spacial score (nSPS) is 18.2. The fraction of sp³-hybridized carbons (Fsp3) is 0.368. The monoisotopic (exact) mass is 767 g/mol. The van der Waals surface area contributed by atoms with Crippen LogP contribution in [0.4, 0.5) is 0 Å². The summed E-state index contributed by atoms with van der Waals surface area (Å²) in [6.45, 7) is 15.4. The zero-order chi connectivity index (χ0) is 32.9. The molecule has 0 bridgehead atoms. The zero-order valence-corrected chi connectivity index (χ0v) is 28.7. The number of aliphatic imine (C=N–C) groups is 1. The van der Waals surface area contributed by atoms with Gasteiger partial charge in [0.05, 0.1) is 18.2 Å². The van der Waals surface area contributed by atoms with Crippen LogP contribution in [0.2, 0.25) is 0 Å². The molecule has 5 aromatic rings. The summed E-state index contributed by atoms with van der Waals surface area (Å²) in [6, 6.07) is 21.1. The minimum atomic E-state index is -2.23. The van der Waals surface area contributed by atoms with Gasteiger partial charge in [-0.05, 0) is 52.9 Å². The molecular formula is C38H39N3O2Pt. The molecular weight excluding hydrogens is 726 g/mol. The van der Waals surface area contributed by atoms with Crippen molar-refractivity contribution in [1.82, 2.24) is 9.55 Å². The first kappa shape index (κ1) is 26.9. The molecule has 2 aliphatic rings. The molecule has 0 spiro atoms. The summed E-state index contributed by atoms with van der Waals surface area (Å²) < 4.78 is 37.9. The van der Waals surface area contributed by atoms with E-state index in [4.69, 9.17) is 18.6 Å². The molecule has 44 heavy (non-hydrogen) atoms. The maximum atomic E-state index is 7.77. The molecule has 1 atom stereocenters. The third-order valence-corrected chi connectivity index (χ3v) is 8.89. The number of aromatic nitrogens is 2. The van der Waals surface area contributed by atoms with Gasteiger partial charge in [-0.25, -0.2) is 4.98 Å². The standard InChI is InChI=1S/C38H39N3O2.Pt/c1-21(2)24-14-25(36-40-23(4)20-42-36)16-27(15-24)43-33-19-32-30(13-22(33)3)38(8,9)31-18-26(37(5,6)7)17-29-28-11-10-12-39-35(28)41(32)34(29)31;/h10-15,17-18,21,23H,20H2,1-9H3;/q-2;+2/t23-;/m1./s1/i4D3;. The third-order valence-electron chi connectivity index (χ3n) is 8.89. The Balaban J connectivity index is 0.00000386. The average Bonchev–Trinajstić information content (AvgIpc) is 3.61. The molecule has 7 rings (SSSR count). The van der Waals surface area contributed by atoms with E-state index in [-0.39, 0.29) is 50.3 Å². The van der Waals surface area contributed by atoms with Gasteiger partial charge in [0.15, 0.2) is 0 Å². The molecule has 0 N–H and O–H groups in total. The van der Waals surface area contributed by atoms with Gasteiger partial charge in [-0.3, -0.25) is 4.99 Å². The summed E-state index contributed by atoms with van der Waals surface area (Å²) >= 11 is 0. The van der Waals surface area contributed by atoms with E-state index in [9.17, 15) is 0 Å². The van der Waals surface area contributed by atoms with Crippen LogP contribution in [-0.2, 0) is 36.6 Å². The molecule has 5 nitrogen and oxygen atoms in total. The molecule has 3 aromatic carbocycles. The minimum absolute atomic E-state index is 0. The molecule has 0 amide bonds. The Hall–Kier alpha value is -3.43.